The molecule has 264 valence electrons. The van der Waals surface area contributed by atoms with E-state index in [0.717, 1.165) is 66.9 Å². The summed E-state index contributed by atoms with van der Waals surface area (Å²) in [5.41, 5.74) is 15.0. The molecule has 2 aromatic heterocycles. The number of phenolic OH excluding ortho intramolecular Hbond substituents is 1. The number of rotatable bonds is 4. The molecule has 4 nitrogen and oxygen atoms in total. The van der Waals surface area contributed by atoms with Crippen molar-refractivity contribution in [2.24, 2.45) is 7.05 Å². The van der Waals surface area contributed by atoms with Gasteiger partial charge in [-0.05, 0) is 98.5 Å². The van der Waals surface area contributed by atoms with E-state index in [1.165, 1.54) is 22.1 Å². The third-order valence-corrected chi connectivity index (χ3v) is 10.6. The monoisotopic (exact) mass is 685 g/mol. The third kappa shape index (κ3) is 6.29. The Morgan fingerprint density at radius 1 is 0.538 bits per heavy atom. The summed E-state index contributed by atoms with van der Waals surface area (Å²) in [6.07, 6.45) is 1.93. The fourth-order valence-electron chi connectivity index (χ4n) is 7.24. The molecule has 0 amide bonds. The first-order valence-corrected chi connectivity index (χ1v) is 18.4. The van der Waals surface area contributed by atoms with E-state index in [-0.39, 0.29) is 22.0 Å². The van der Waals surface area contributed by atoms with Crippen LogP contribution in [0.3, 0.4) is 0 Å². The van der Waals surface area contributed by atoms with Crippen molar-refractivity contribution >= 4 is 21.9 Å². The van der Waals surface area contributed by atoms with E-state index in [0.29, 0.717) is 0 Å². The third-order valence-electron chi connectivity index (χ3n) is 10.6. The summed E-state index contributed by atoms with van der Waals surface area (Å²) in [6.45, 7) is 22.4. The minimum Gasteiger partial charge on any atom is -0.507 e. The van der Waals surface area contributed by atoms with E-state index >= 15 is 0 Å². The molecule has 0 fully saturated rings. The van der Waals surface area contributed by atoms with E-state index in [1.54, 1.807) is 6.07 Å². The van der Waals surface area contributed by atoms with Crippen LogP contribution in [-0.4, -0.2) is 19.6 Å². The van der Waals surface area contributed by atoms with Gasteiger partial charge in [0.1, 0.15) is 11.6 Å². The number of aromatic hydroxyl groups is 1. The molecule has 5 aromatic carbocycles. The van der Waals surface area contributed by atoms with Crippen molar-refractivity contribution in [2.75, 3.05) is 0 Å². The quantitative estimate of drug-likeness (QED) is 0.201. The van der Waals surface area contributed by atoms with Crippen LogP contribution in [0.15, 0.2) is 103 Å². The van der Waals surface area contributed by atoms with Crippen molar-refractivity contribution < 1.29 is 5.11 Å². The lowest BCUT2D eigenvalue weighted by molar-refractivity contribution is 0.475. The molecular formula is C48H51N3O. The summed E-state index contributed by atoms with van der Waals surface area (Å²) in [6, 6.07) is 34.7. The molecule has 0 atom stereocenters. The Kier molecular flexibility index (Phi) is 8.44. The van der Waals surface area contributed by atoms with Gasteiger partial charge in [0, 0.05) is 35.3 Å². The molecule has 1 N–H and O–H groups in total. The van der Waals surface area contributed by atoms with Gasteiger partial charge in [-0.2, -0.15) is 0 Å². The standard InChI is InChI=1S/C48H51N3O/c1-29-21-22-49-42-38(29)27-35(48(8,9)10)28-39(42)32-23-31(24-34(25-32)47(5,6)7)36-18-19-37(30-15-13-12-14-16-30)44-43(36)50-45(51(44)11)40-26-33(46(2,3)4)17-20-41(40)52/h12-28,52H,1-11H3. The van der Waals surface area contributed by atoms with Gasteiger partial charge in [0.05, 0.1) is 22.1 Å². The molecule has 0 aliphatic carbocycles. The molecule has 0 unspecified atom stereocenters. The molecule has 0 radical (unpaired) electrons. The van der Waals surface area contributed by atoms with Crippen LogP contribution in [0.4, 0.5) is 0 Å². The number of imidazole rings is 1. The number of nitrogens with zero attached hydrogens (tertiary/aromatic N) is 3. The van der Waals surface area contributed by atoms with Gasteiger partial charge in [0.2, 0.25) is 0 Å². The summed E-state index contributed by atoms with van der Waals surface area (Å²) in [5, 5.41) is 12.5. The average Bonchev–Trinajstić information content (AvgIpc) is 3.43. The van der Waals surface area contributed by atoms with E-state index in [1.807, 2.05) is 18.3 Å². The Morgan fingerprint density at radius 2 is 1.13 bits per heavy atom. The van der Waals surface area contributed by atoms with Gasteiger partial charge >= 0.3 is 0 Å². The highest BCUT2D eigenvalue weighted by atomic mass is 16.3. The molecule has 0 saturated carbocycles. The van der Waals surface area contributed by atoms with Crippen LogP contribution in [0.2, 0.25) is 0 Å². The van der Waals surface area contributed by atoms with Gasteiger partial charge in [-0.15, -0.1) is 0 Å². The number of phenols is 1. The highest BCUT2D eigenvalue weighted by molar-refractivity contribution is 6.04. The minimum atomic E-state index is -0.108. The second kappa shape index (κ2) is 12.5. The van der Waals surface area contributed by atoms with E-state index in [9.17, 15) is 5.11 Å². The summed E-state index contributed by atoms with van der Waals surface area (Å²) in [7, 11) is 2.07. The Balaban J connectivity index is 1.56. The van der Waals surface area contributed by atoms with E-state index < -0.39 is 0 Å². The maximum Gasteiger partial charge on any atom is 0.144 e. The number of hydrogen-bond acceptors (Lipinski definition) is 3. The SMILES string of the molecule is Cc1ccnc2c(-c3cc(-c4ccc(-c5ccccc5)c5c4nc(-c4cc(C(C)(C)C)ccc4O)n5C)cc(C(C)(C)C)c3)cc(C(C)(C)C)cc12. The second-order valence-corrected chi connectivity index (χ2v) is 17.5. The van der Waals surface area contributed by atoms with Crippen LogP contribution in [0.1, 0.15) is 84.6 Å². The number of benzene rings is 5. The minimum absolute atomic E-state index is 0.0324. The molecule has 7 aromatic rings. The molecule has 4 heteroatoms. The van der Waals surface area contributed by atoms with Crippen LogP contribution >= 0.6 is 0 Å². The largest absolute Gasteiger partial charge is 0.507 e. The highest BCUT2D eigenvalue weighted by Crippen LogP contribution is 2.43. The summed E-state index contributed by atoms with van der Waals surface area (Å²) < 4.78 is 2.16. The van der Waals surface area contributed by atoms with E-state index in [4.69, 9.17) is 9.97 Å². The van der Waals surface area contributed by atoms with Crippen LogP contribution in [0, 0.1) is 6.92 Å². The fraction of sp³-hybridized carbons (Fsp3) is 0.292. The first-order chi connectivity index (χ1) is 24.4. The Bertz CT molecular complexity index is 2480. The van der Waals surface area contributed by atoms with Crippen molar-refractivity contribution in [1.29, 1.82) is 0 Å². The molecule has 0 bridgehead atoms. The van der Waals surface area contributed by atoms with E-state index in [2.05, 4.69) is 160 Å². The van der Waals surface area contributed by atoms with Crippen molar-refractivity contribution in [2.45, 2.75) is 85.5 Å². The summed E-state index contributed by atoms with van der Waals surface area (Å²) >= 11 is 0. The zero-order chi connectivity index (χ0) is 37.3. The lowest BCUT2D eigenvalue weighted by Crippen LogP contribution is -2.12. The normalized spacial score (nSPS) is 12.6. The maximum absolute atomic E-state index is 11.3. The lowest BCUT2D eigenvalue weighted by Gasteiger charge is -2.24. The summed E-state index contributed by atoms with van der Waals surface area (Å²) in [5.74, 6) is 0.957. The highest BCUT2D eigenvalue weighted by Gasteiger charge is 2.25. The number of fused-ring (bicyclic) bond motifs is 2. The van der Waals surface area contributed by atoms with Crippen molar-refractivity contribution in [1.82, 2.24) is 14.5 Å². The maximum atomic E-state index is 11.3. The molecule has 2 heterocycles. The van der Waals surface area contributed by atoms with Crippen LogP contribution in [0.25, 0.3) is 66.7 Å². The summed E-state index contributed by atoms with van der Waals surface area (Å²) in [4.78, 5) is 10.4. The molecule has 0 saturated heterocycles. The topological polar surface area (TPSA) is 50.9 Å². The number of pyridine rings is 1. The van der Waals surface area contributed by atoms with Gasteiger partial charge in [-0.25, -0.2) is 4.98 Å². The number of hydrogen-bond donors (Lipinski definition) is 1. The predicted molar refractivity (Wildman–Crippen MR) is 220 cm³/mol. The van der Waals surface area contributed by atoms with Gasteiger partial charge in [-0.1, -0.05) is 123 Å². The number of aryl methyl sites for hydroxylation is 2. The Labute approximate surface area is 309 Å². The lowest BCUT2D eigenvalue weighted by atomic mass is 9.80. The molecular weight excluding hydrogens is 635 g/mol. The van der Waals surface area contributed by atoms with Gasteiger partial charge in [0.25, 0.3) is 0 Å². The fourth-order valence-corrected chi connectivity index (χ4v) is 7.24. The molecule has 0 spiro atoms. The predicted octanol–water partition coefficient (Wildman–Crippen LogP) is 12.7. The molecule has 0 aliphatic rings. The Morgan fingerprint density at radius 3 is 1.79 bits per heavy atom. The molecule has 0 aliphatic heterocycles. The molecule has 7 rings (SSSR count). The number of aromatic nitrogens is 3. The van der Waals surface area contributed by atoms with Crippen molar-refractivity contribution in [3.63, 3.8) is 0 Å². The first-order valence-electron chi connectivity index (χ1n) is 18.4. The smallest absolute Gasteiger partial charge is 0.144 e. The van der Waals surface area contributed by atoms with Gasteiger partial charge in [-0.3, -0.25) is 4.98 Å². The zero-order valence-corrected chi connectivity index (χ0v) is 32.6. The van der Waals surface area contributed by atoms with Gasteiger partial charge < -0.3 is 9.67 Å². The first kappa shape index (κ1) is 35.2. The van der Waals surface area contributed by atoms with Gasteiger partial charge in [0.15, 0.2) is 0 Å². The zero-order valence-electron chi connectivity index (χ0n) is 32.6. The Hall–Kier alpha value is -5.22. The van der Waals surface area contributed by atoms with Crippen molar-refractivity contribution in [3.8, 4) is 50.5 Å². The molecule has 52 heavy (non-hydrogen) atoms. The van der Waals surface area contributed by atoms with Crippen LogP contribution < -0.4 is 0 Å². The average molecular weight is 686 g/mol. The van der Waals surface area contributed by atoms with Crippen LogP contribution in [0.5, 0.6) is 5.75 Å². The second-order valence-electron chi connectivity index (χ2n) is 17.5. The van der Waals surface area contributed by atoms with Crippen LogP contribution in [-0.2, 0) is 23.3 Å². The van der Waals surface area contributed by atoms with Crippen molar-refractivity contribution in [3.05, 3.63) is 126 Å².